The first kappa shape index (κ1) is 10.2. The van der Waals surface area contributed by atoms with Crippen LogP contribution in [0, 0.1) is 0 Å². The predicted molar refractivity (Wildman–Crippen MR) is 56.4 cm³/mol. The van der Waals surface area contributed by atoms with Crippen molar-refractivity contribution < 1.29 is 8.42 Å². The molecule has 1 aliphatic heterocycles. The number of aryl methyl sites for hydroxylation is 1. The standard InChI is InChI=1S/C9H14N4O2S/c10-9(3-1-2-4-9)7-11-8-13(12-7)5-6-16(8,14)15/h1-6,10H2. The highest BCUT2D eigenvalue weighted by atomic mass is 32.2. The summed E-state index contributed by atoms with van der Waals surface area (Å²) in [4.78, 5) is 4.14. The second-order valence-corrected chi connectivity index (χ2v) is 6.63. The molecule has 1 aromatic heterocycles. The van der Waals surface area contributed by atoms with Gasteiger partial charge in [-0.25, -0.2) is 13.1 Å². The van der Waals surface area contributed by atoms with Gasteiger partial charge < -0.3 is 5.73 Å². The van der Waals surface area contributed by atoms with Crippen LogP contribution in [0.15, 0.2) is 5.16 Å². The van der Waals surface area contributed by atoms with Gasteiger partial charge in [-0.15, -0.1) is 0 Å². The second kappa shape index (κ2) is 3.04. The molecule has 2 N–H and O–H groups in total. The molecule has 1 saturated carbocycles. The van der Waals surface area contributed by atoms with E-state index in [1.165, 1.54) is 4.68 Å². The molecule has 0 amide bonds. The summed E-state index contributed by atoms with van der Waals surface area (Å²) < 4.78 is 24.7. The van der Waals surface area contributed by atoms with Gasteiger partial charge in [0.1, 0.15) is 0 Å². The van der Waals surface area contributed by atoms with Gasteiger partial charge in [-0.2, -0.15) is 10.1 Å². The van der Waals surface area contributed by atoms with Crippen LogP contribution in [0.25, 0.3) is 0 Å². The van der Waals surface area contributed by atoms with Crippen molar-refractivity contribution in [1.29, 1.82) is 0 Å². The monoisotopic (exact) mass is 242 g/mol. The fourth-order valence-electron chi connectivity index (χ4n) is 2.44. The smallest absolute Gasteiger partial charge is 0.246 e. The Hall–Kier alpha value is -0.950. The lowest BCUT2D eigenvalue weighted by molar-refractivity contribution is 0.427. The highest BCUT2D eigenvalue weighted by molar-refractivity contribution is 7.91. The van der Waals surface area contributed by atoms with Gasteiger partial charge in [0.15, 0.2) is 5.82 Å². The molecule has 2 heterocycles. The average Bonchev–Trinajstić information content (AvgIpc) is 2.85. The molecular formula is C9H14N4O2S. The van der Waals surface area contributed by atoms with Gasteiger partial charge in [0.05, 0.1) is 17.8 Å². The molecule has 0 spiro atoms. The van der Waals surface area contributed by atoms with E-state index in [0.717, 1.165) is 25.7 Å². The van der Waals surface area contributed by atoms with E-state index in [2.05, 4.69) is 10.1 Å². The summed E-state index contributed by atoms with van der Waals surface area (Å²) in [5, 5.41) is 4.34. The highest BCUT2D eigenvalue weighted by Crippen LogP contribution is 2.35. The number of aromatic nitrogens is 3. The number of fused-ring (bicyclic) bond motifs is 1. The Kier molecular flexibility index (Phi) is 1.94. The maximum absolute atomic E-state index is 11.6. The van der Waals surface area contributed by atoms with Crippen LogP contribution in [0.1, 0.15) is 31.5 Å². The van der Waals surface area contributed by atoms with Crippen molar-refractivity contribution in [2.45, 2.75) is 42.9 Å². The normalized spacial score (nSPS) is 25.8. The zero-order valence-electron chi connectivity index (χ0n) is 8.89. The molecule has 0 saturated heterocycles. The van der Waals surface area contributed by atoms with E-state index < -0.39 is 15.4 Å². The molecule has 6 nitrogen and oxygen atoms in total. The van der Waals surface area contributed by atoms with Gasteiger partial charge in [0.2, 0.25) is 15.0 Å². The molecule has 16 heavy (non-hydrogen) atoms. The van der Waals surface area contributed by atoms with E-state index in [4.69, 9.17) is 5.73 Å². The Bertz CT molecular complexity index is 528. The van der Waals surface area contributed by atoms with E-state index in [0.29, 0.717) is 12.4 Å². The maximum Gasteiger partial charge on any atom is 0.246 e. The Morgan fingerprint density at radius 3 is 2.62 bits per heavy atom. The molecule has 88 valence electrons. The van der Waals surface area contributed by atoms with Crippen LogP contribution < -0.4 is 5.73 Å². The summed E-state index contributed by atoms with van der Waals surface area (Å²) in [5.41, 5.74) is 5.69. The lowest BCUT2D eigenvalue weighted by Crippen LogP contribution is -2.34. The number of nitrogens with two attached hydrogens (primary N) is 1. The number of hydrogen-bond acceptors (Lipinski definition) is 5. The summed E-state index contributed by atoms with van der Waals surface area (Å²) in [5.74, 6) is 0.614. The third-order valence-corrected chi connectivity index (χ3v) is 5.01. The summed E-state index contributed by atoms with van der Waals surface area (Å²) in [6, 6.07) is 0. The van der Waals surface area contributed by atoms with Gasteiger partial charge in [-0.1, -0.05) is 12.8 Å². The molecule has 0 unspecified atom stereocenters. The minimum Gasteiger partial charge on any atom is -0.319 e. The molecule has 1 aromatic rings. The van der Waals surface area contributed by atoms with E-state index in [1.54, 1.807) is 0 Å². The van der Waals surface area contributed by atoms with Crippen LogP contribution >= 0.6 is 0 Å². The first-order chi connectivity index (χ1) is 7.51. The fourth-order valence-corrected chi connectivity index (χ4v) is 3.72. The van der Waals surface area contributed by atoms with Gasteiger partial charge in [0, 0.05) is 0 Å². The van der Waals surface area contributed by atoms with Crippen LogP contribution in [0.4, 0.5) is 0 Å². The van der Waals surface area contributed by atoms with Crippen LogP contribution in [-0.2, 0) is 21.9 Å². The molecule has 0 radical (unpaired) electrons. The van der Waals surface area contributed by atoms with Gasteiger partial charge in [-0.05, 0) is 12.8 Å². The van der Waals surface area contributed by atoms with Gasteiger partial charge in [-0.3, -0.25) is 0 Å². The van der Waals surface area contributed by atoms with Crippen molar-refractivity contribution in [3.8, 4) is 0 Å². The second-order valence-electron chi connectivity index (χ2n) is 4.62. The van der Waals surface area contributed by atoms with Crippen molar-refractivity contribution in [2.24, 2.45) is 5.73 Å². The third kappa shape index (κ3) is 1.31. The van der Waals surface area contributed by atoms with Crippen LogP contribution in [-0.4, -0.2) is 28.9 Å². The zero-order chi connectivity index (χ0) is 11.4. The van der Waals surface area contributed by atoms with Crippen molar-refractivity contribution in [3.05, 3.63) is 5.82 Å². The van der Waals surface area contributed by atoms with Crippen molar-refractivity contribution >= 4 is 9.84 Å². The Morgan fingerprint density at radius 1 is 1.31 bits per heavy atom. The van der Waals surface area contributed by atoms with E-state index in [9.17, 15) is 8.42 Å². The molecule has 0 atom stereocenters. The van der Waals surface area contributed by atoms with Crippen molar-refractivity contribution in [2.75, 3.05) is 5.75 Å². The van der Waals surface area contributed by atoms with E-state index in [1.807, 2.05) is 0 Å². The highest BCUT2D eigenvalue weighted by Gasteiger charge is 2.39. The number of sulfone groups is 1. The zero-order valence-corrected chi connectivity index (χ0v) is 9.70. The number of hydrogen-bond donors (Lipinski definition) is 1. The summed E-state index contributed by atoms with van der Waals surface area (Å²) in [6.07, 6.45) is 3.81. The molecular weight excluding hydrogens is 228 g/mol. The first-order valence-corrected chi connectivity index (χ1v) is 7.13. The molecule has 1 fully saturated rings. The third-order valence-electron chi connectivity index (χ3n) is 3.43. The first-order valence-electron chi connectivity index (χ1n) is 5.48. The molecule has 2 aliphatic rings. The summed E-state index contributed by atoms with van der Waals surface area (Å²) >= 11 is 0. The summed E-state index contributed by atoms with van der Waals surface area (Å²) in [7, 11) is -3.21. The SMILES string of the molecule is NC1(c2nc3n(n2)CCS3(=O)=O)CCCC1. The predicted octanol–water partition coefficient (Wildman–Crippen LogP) is -0.207. The summed E-state index contributed by atoms with van der Waals surface area (Å²) in [6.45, 7) is 0.404. The molecule has 0 bridgehead atoms. The van der Waals surface area contributed by atoms with Crippen LogP contribution in [0.2, 0.25) is 0 Å². The van der Waals surface area contributed by atoms with E-state index >= 15 is 0 Å². The largest absolute Gasteiger partial charge is 0.319 e. The van der Waals surface area contributed by atoms with E-state index in [-0.39, 0.29) is 10.9 Å². The van der Waals surface area contributed by atoms with Gasteiger partial charge in [0.25, 0.3) is 0 Å². The number of nitrogens with zero attached hydrogens (tertiary/aromatic N) is 3. The van der Waals surface area contributed by atoms with Gasteiger partial charge >= 0.3 is 0 Å². The quantitative estimate of drug-likeness (QED) is 0.736. The molecule has 1 aliphatic carbocycles. The maximum atomic E-state index is 11.6. The topological polar surface area (TPSA) is 90.9 Å². The fraction of sp³-hybridized carbons (Fsp3) is 0.778. The molecule has 0 aromatic carbocycles. The lowest BCUT2D eigenvalue weighted by atomic mass is 9.99. The molecule has 3 rings (SSSR count). The van der Waals surface area contributed by atoms with Crippen molar-refractivity contribution in [3.63, 3.8) is 0 Å². The Labute approximate surface area is 93.8 Å². The Morgan fingerprint density at radius 2 is 2.00 bits per heavy atom. The average molecular weight is 242 g/mol. The molecule has 7 heteroatoms. The Balaban J connectivity index is 2.07. The minimum absolute atomic E-state index is 0.0965. The minimum atomic E-state index is -3.21. The lowest BCUT2D eigenvalue weighted by Gasteiger charge is -2.18. The van der Waals surface area contributed by atoms with Crippen LogP contribution in [0.3, 0.4) is 0 Å². The number of rotatable bonds is 1. The van der Waals surface area contributed by atoms with Crippen molar-refractivity contribution in [1.82, 2.24) is 14.8 Å². The van der Waals surface area contributed by atoms with Crippen LogP contribution in [0.5, 0.6) is 0 Å².